The van der Waals surface area contributed by atoms with Crippen molar-refractivity contribution < 1.29 is 0 Å². The van der Waals surface area contributed by atoms with E-state index in [1.165, 1.54) is 31.5 Å². The maximum Gasteiger partial charge on any atom is 0.0234 e. The number of halogens is 1. The molecule has 0 saturated carbocycles. The first-order valence-electron chi connectivity index (χ1n) is 7.34. The molecule has 0 unspecified atom stereocenters. The molecule has 22 heavy (non-hydrogen) atoms. The van der Waals surface area contributed by atoms with Crippen LogP contribution in [0.3, 0.4) is 0 Å². The topological polar surface area (TPSA) is 0 Å². The van der Waals surface area contributed by atoms with Crippen LogP contribution in [0.25, 0.3) is 0 Å². The highest BCUT2D eigenvalue weighted by Crippen LogP contribution is 2.34. The van der Waals surface area contributed by atoms with Gasteiger partial charge in [0.1, 0.15) is 0 Å². The van der Waals surface area contributed by atoms with Crippen molar-refractivity contribution in [1.82, 2.24) is 0 Å². The van der Waals surface area contributed by atoms with Crippen LogP contribution in [-0.4, -0.2) is 0 Å². The van der Waals surface area contributed by atoms with Gasteiger partial charge >= 0.3 is 0 Å². The van der Waals surface area contributed by atoms with E-state index in [1.54, 1.807) is 0 Å². The van der Waals surface area contributed by atoms with Crippen molar-refractivity contribution in [3.8, 4) is 0 Å². The lowest BCUT2D eigenvalue weighted by atomic mass is 10.2. The van der Waals surface area contributed by atoms with Crippen molar-refractivity contribution in [2.24, 2.45) is 0 Å². The van der Waals surface area contributed by atoms with Gasteiger partial charge < -0.3 is 0 Å². The predicted molar refractivity (Wildman–Crippen MR) is 102 cm³/mol. The van der Waals surface area contributed by atoms with Gasteiger partial charge in [0.15, 0.2) is 0 Å². The largest absolute Gasteiger partial charge is 0.0622 e. The molecule has 0 fully saturated rings. The Kier molecular flexibility index (Phi) is 4.76. The van der Waals surface area contributed by atoms with Gasteiger partial charge in [0.2, 0.25) is 0 Å². The molecule has 3 rings (SSSR count). The third-order valence-electron chi connectivity index (χ3n) is 3.71. The van der Waals surface area contributed by atoms with Crippen LogP contribution in [0.5, 0.6) is 0 Å². The lowest BCUT2D eigenvalue weighted by molar-refractivity contribution is 1.36. The van der Waals surface area contributed by atoms with E-state index in [0.29, 0.717) is 0 Å². The summed E-state index contributed by atoms with van der Waals surface area (Å²) in [7, 11) is -0.512. The molecule has 2 heteroatoms. The third-order valence-corrected chi connectivity index (χ3v) is 7.36. The van der Waals surface area contributed by atoms with E-state index in [9.17, 15) is 0 Å². The maximum absolute atomic E-state index is 3.68. The van der Waals surface area contributed by atoms with Crippen LogP contribution in [-0.2, 0) is 0 Å². The van der Waals surface area contributed by atoms with Gasteiger partial charge in [0.05, 0.1) is 0 Å². The SMILES string of the molecule is Cc1cc(P(c2ccccc2)c2ccccc2)cc(C)c1Br. The van der Waals surface area contributed by atoms with Gasteiger partial charge in [0, 0.05) is 4.47 Å². The molecule has 0 bridgehead atoms. The van der Waals surface area contributed by atoms with Crippen molar-refractivity contribution in [2.45, 2.75) is 13.8 Å². The van der Waals surface area contributed by atoms with E-state index in [4.69, 9.17) is 0 Å². The molecule has 3 aromatic carbocycles. The van der Waals surface area contributed by atoms with Gasteiger partial charge in [0.25, 0.3) is 0 Å². The number of benzene rings is 3. The molecule has 110 valence electrons. The second-order valence-electron chi connectivity index (χ2n) is 5.40. The molecule has 3 aromatic rings. The van der Waals surface area contributed by atoms with Gasteiger partial charge in [-0.3, -0.25) is 0 Å². The standard InChI is InChI=1S/C20H18BrP/c1-15-13-19(14-16(2)20(15)21)22(17-9-5-3-6-10-17)18-11-7-4-8-12-18/h3-14H,1-2H3. The highest BCUT2D eigenvalue weighted by Gasteiger charge is 2.17. The van der Waals surface area contributed by atoms with Gasteiger partial charge in [-0.05, 0) is 60.9 Å². The predicted octanol–water partition coefficient (Wildman–Crippen LogP) is 4.82. The lowest BCUT2D eigenvalue weighted by Crippen LogP contribution is -2.21. The molecule has 0 aliphatic carbocycles. The Morgan fingerprint density at radius 3 is 1.45 bits per heavy atom. The van der Waals surface area contributed by atoms with Crippen molar-refractivity contribution in [3.05, 3.63) is 88.4 Å². The lowest BCUT2D eigenvalue weighted by Gasteiger charge is -2.21. The number of hydrogen-bond donors (Lipinski definition) is 0. The molecule has 0 aliphatic heterocycles. The average Bonchev–Trinajstić information content (AvgIpc) is 2.55. The van der Waals surface area contributed by atoms with Crippen LogP contribution in [0, 0.1) is 13.8 Å². The molecule has 0 atom stereocenters. The van der Waals surface area contributed by atoms with E-state index < -0.39 is 7.92 Å². The molecule has 0 heterocycles. The second-order valence-corrected chi connectivity index (χ2v) is 8.41. The van der Waals surface area contributed by atoms with Gasteiger partial charge in [-0.25, -0.2) is 0 Å². The summed E-state index contributed by atoms with van der Waals surface area (Å²) in [6, 6.07) is 26.3. The molecular formula is C20H18BrP. The molecular weight excluding hydrogens is 351 g/mol. The molecule has 0 amide bonds. The first kappa shape index (κ1) is 15.5. The van der Waals surface area contributed by atoms with E-state index in [-0.39, 0.29) is 0 Å². The van der Waals surface area contributed by atoms with Crippen molar-refractivity contribution in [1.29, 1.82) is 0 Å². The zero-order valence-corrected chi connectivity index (χ0v) is 15.2. The van der Waals surface area contributed by atoms with E-state index in [0.717, 1.165) is 0 Å². The average molecular weight is 369 g/mol. The summed E-state index contributed by atoms with van der Waals surface area (Å²) in [4.78, 5) is 0. The fourth-order valence-corrected chi connectivity index (χ4v) is 5.36. The molecule has 0 saturated heterocycles. The van der Waals surface area contributed by atoms with Crippen LogP contribution in [0.15, 0.2) is 77.3 Å². The first-order chi connectivity index (χ1) is 10.7. The smallest absolute Gasteiger partial charge is 0.0234 e. The summed E-state index contributed by atoms with van der Waals surface area (Å²) in [5.41, 5.74) is 2.60. The van der Waals surface area contributed by atoms with Crippen LogP contribution in [0.2, 0.25) is 0 Å². The highest BCUT2D eigenvalue weighted by atomic mass is 79.9. The minimum absolute atomic E-state index is 0.512. The monoisotopic (exact) mass is 368 g/mol. The number of rotatable bonds is 3. The van der Waals surface area contributed by atoms with Crippen LogP contribution in [0.1, 0.15) is 11.1 Å². The summed E-state index contributed by atoms with van der Waals surface area (Å²) in [6.45, 7) is 4.34. The Bertz CT molecular complexity index is 704. The quantitative estimate of drug-likeness (QED) is 0.581. The molecule has 0 nitrogen and oxygen atoms in total. The Morgan fingerprint density at radius 1 is 0.636 bits per heavy atom. The highest BCUT2D eigenvalue weighted by molar-refractivity contribution is 9.10. The summed E-state index contributed by atoms with van der Waals surface area (Å²) in [5, 5.41) is 4.19. The number of aryl methyl sites for hydroxylation is 2. The fourth-order valence-electron chi connectivity index (χ4n) is 2.65. The summed E-state index contributed by atoms with van der Waals surface area (Å²) in [6.07, 6.45) is 0. The first-order valence-corrected chi connectivity index (χ1v) is 9.47. The van der Waals surface area contributed by atoms with Gasteiger partial charge in [-0.1, -0.05) is 76.6 Å². The molecule has 0 aliphatic rings. The molecule has 0 spiro atoms. The normalized spacial score (nSPS) is 10.9. The zero-order chi connectivity index (χ0) is 15.5. The van der Waals surface area contributed by atoms with Gasteiger partial charge in [-0.2, -0.15) is 0 Å². The van der Waals surface area contributed by atoms with Crippen molar-refractivity contribution in [3.63, 3.8) is 0 Å². The Hall–Kier alpha value is -1.43. The van der Waals surface area contributed by atoms with E-state index in [1.807, 2.05) is 0 Å². The maximum atomic E-state index is 3.68. The Balaban J connectivity index is 2.19. The van der Waals surface area contributed by atoms with Crippen LogP contribution in [0.4, 0.5) is 0 Å². The fraction of sp³-hybridized carbons (Fsp3) is 0.100. The summed E-state index contributed by atoms with van der Waals surface area (Å²) >= 11 is 3.68. The minimum atomic E-state index is -0.512. The van der Waals surface area contributed by atoms with E-state index >= 15 is 0 Å². The minimum Gasteiger partial charge on any atom is -0.0622 e. The zero-order valence-electron chi connectivity index (χ0n) is 12.8. The second kappa shape index (κ2) is 6.77. The molecule has 0 aromatic heterocycles. The van der Waals surface area contributed by atoms with Crippen molar-refractivity contribution >= 4 is 39.8 Å². The Morgan fingerprint density at radius 2 is 1.05 bits per heavy atom. The third kappa shape index (κ3) is 3.16. The van der Waals surface area contributed by atoms with Gasteiger partial charge in [-0.15, -0.1) is 0 Å². The molecule has 0 radical (unpaired) electrons. The summed E-state index contributed by atoms with van der Waals surface area (Å²) in [5.74, 6) is 0. The number of hydrogen-bond acceptors (Lipinski definition) is 0. The van der Waals surface area contributed by atoms with Crippen LogP contribution < -0.4 is 15.9 Å². The van der Waals surface area contributed by atoms with Crippen molar-refractivity contribution in [2.75, 3.05) is 0 Å². The molecule has 0 N–H and O–H groups in total. The summed E-state index contributed by atoms with van der Waals surface area (Å²) < 4.78 is 1.22. The van der Waals surface area contributed by atoms with E-state index in [2.05, 4.69) is 103 Å². The Labute approximate surface area is 142 Å². The van der Waals surface area contributed by atoms with Crippen LogP contribution >= 0.6 is 23.9 Å².